The third-order valence-electron chi connectivity index (χ3n) is 4.87. The number of hydrogen-bond donors (Lipinski definition) is 7. The molecule has 3 amide bonds. The van der Waals surface area contributed by atoms with Crippen LogP contribution in [0.25, 0.3) is 0 Å². The topological polar surface area (TPSA) is 171 Å². The second-order valence-corrected chi connectivity index (χ2v) is 7.95. The number of rotatable bonds is 12. The average Bonchev–Trinajstić information content (AvgIpc) is 2.82. The predicted octanol–water partition coefficient (Wildman–Crippen LogP) is -0.395. The molecule has 0 saturated heterocycles. The molecule has 0 spiro atoms. The molecule has 10 nitrogen and oxygen atoms in total. The van der Waals surface area contributed by atoms with Gasteiger partial charge in [0.1, 0.15) is 24.4 Å². The zero-order chi connectivity index (χ0) is 25.1. The van der Waals surface area contributed by atoms with E-state index in [0.29, 0.717) is 5.56 Å². The summed E-state index contributed by atoms with van der Waals surface area (Å²) in [6, 6.07) is 12.1. The van der Waals surface area contributed by atoms with Gasteiger partial charge in [-0.25, -0.2) is 0 Å². The molecule has 2 aromatic rings. The van der Waals surface area contributed by atoms with Crippen LogP contribution in [0.2, 0.25) is 0 Å². The highest BCUT2D eigenvalue weighted by molar-refractivity contribution is 7.80. The van der Waals surface area contributed by atoms with E-state index in [4.69, 9.17) is 10.8 Å². The number of thiol groups is 1. The molecule has 0 fully saturated rings. The Hall–Kier alpha value is -3.57. The van der Waals surface area contributed by atoms with E-state index in [1.807, 2.05) is 30.3 Å². The first-order valence-corrected chi connectivity index (χ1v) is 11.1. The number of hydrogen-bond acceptors (Lipinski definition) is 7. The molecule has 7 N–H and O–H groups in total. The Morgan fingerprint density at radius 3 is 2.00 bits per heavy atom. The molecule has 2 rings (SSSR count). The molecule has 2 aromatic carbocycles. The first kappa shape index (κ1) is 26.7. The molecule has 11 heteroatoms. The van der Waals surface area contributed by atoms with Gasteiger partial charge in [-0.3, -0.25) is 19.2 Å². The number of aromatic hydroxyl groups is 1. The minimum atomic E-state index is -1.23. The summed E-state index contributed by atoms with van der Waals surface area (Å²) in [6.45, 7) is -0.610. The highest BCUT2D eigenvalue weighted by atomic mass is 32.1. The van der Waals surface area contributed by atoms with Crippen LogP contribution in [-0.4, -0.2) is 64.3 Å². The number of amides is 3. The highest BCUT2D eigenvalue weighted by Crippen LogP contribution is 2.12. The quantitative estimate of drug-likeness (QED) is 0.199. The number of aliphatic carboxylic acids is 1. The van der Waals surface area contributed by atoms with Crippen molar-refractivity contribution in [2.24, 2.45) is 5.73 Å². The fourth-order valence-electron chi connectivity index (χ4n) is 3.07. The van der Waals surface area contributed by atoms with Crippen molar-refractivity contribution >= 4 is 36.3 Å². The van der Waals surface area contributed by atoms with Gasteiger partial charge in [-0.2, -0.15) is 12.6 Å². The van der Waals surface area contributed by atoms with Crippen molar-refractivity contribution in [3.63, 3.8) is 0 Å². The summed E-state index contributed by atoms with van der Waals surface area (Å²) in [4.78, 5) is 48.6. The van der Waals surface area contributed by atoms with Crippen molar-refractivity contribution in [1.29, 1.82) is 0 Å². The first-order valence-electron chi connectivity index (χ1n) is 10.5. The largest absolute Gasteiger partial charge is 0.508 e. The van der Waals surface area contributed by atoms with Crippen LogP contribution in [0.15, 0.2) is 54.6 Å². The van der Waals surface area contributed by atoms with Crippen LogP contribution in [-0.2, 0) is 32.0 Å². The normalized spacial score (nSPS) is 13.2. The van der Waals surface area contributed by atoms with E-state index in [0.717, 1.165) is 5.56 Å². The fraction of sp³-hybridized carbons (Fsp3) is 0.304. The lowest BCUT2D eigenvalue weighted by Crippen LogP contribution is -2.57. The van der Waals surface area contributed by atoms with Crippen molar-refractivity contribution in [3.05, 3.63) is 65.7 Å². The maximum absolute atomic E-state index is 13.0. The van der Waals surface area contributed by atoms with E-state index in [9.17, 15) is 24.3 Å². The van der Waals surface area contributed by atoms with Crippen LogP contribution in [0.3, 0.4) is 0 Å². The lowest BCUT2D eigenvalue weighted by molar-refractivity contribution is -0.138. The van der Waals surface area contributed by atoms with Gasteiger partial charge in [-0.1, -0.05) is 42.5 Å². The standard InChI is InChI=1S/C23H28N4O6S/c24-17(10-14-4-2-1-3-5-14)21(31)26-18(11-15-6-8-16(28)9-7-15)23(33)27-19(13-34)22(32)25-12-20(29)30/h1-9,17-19,28,34H,10-13,24H2,(H,25,32)(H,26,31)(H,27,33)(H,29,30). The molecule has 3 unspecified atom stereocenters. The van der Waals surface area contributed by atoms with Crippen LogP contribution in [0.1, 0.15) is 11.1 Å². The number of benzene rings is 2. The molecule has 0 aliphatic heterocycles. The van der Waals surface area contributed by atoms with Crippen LogP contribution in [0.5, 0.6) is 5.75 Å². The van der Waals surface area contributed by atoms with E-state index in [1.165, 1.54) is 12.1 Å². The molecule has 0 bridgehead atoms. The Bertz CT molecular complexity index is 987. The maximum Gasteiger partial charge on any atom is 0.322 e. The number of nitrogens with one attached hydrogen (secondary N) is 3. The maximum atomic E-state index is 13.0. The number of carbonyl (C=O) groups excluding carboxylic acids is 3. The number of carboxylic acid groups (broad SMARTS) is 1. The Morgan fingerprint density at radius 2 is 1.41 bits per heavy atom. The van der Waals surface area contributed by atoms with Gasteiger partial charge in [0.25, 0.3) is 0 Å². The molecule has 0 aliphatic rings. The SMILES string of the molecule is NC(Cc1ccccc1)C(=O)NC(Cc1ccc(O)cc1)C(=O)NC(CS)C(=O)NCC(=O)O. The van der Waals surface area contributed by atoms with Gasteiger partial charge in [0.2, 0.25) is 17.7 Å². The molecule has 0 aromatic heterocycles. The molecular weight excluding hydrogens is 460 g/mol. The number of phenols is 1. The Kier molecular flexibility index (Phi) is 10.4. The molecule has 0 aliphatic carbocycles. The second kappa shape index (κ2) is 13.2. The highest BCUT2D eigenvalue weighted by Gasteiger charge is 2.28. The van der Waals surface area contributed by atoms with Crippen LogP contribution in [0, 0.1) is 0 Å². The smallest absolute Gasteiger partial charge is 0.322 e. The number of carboxylic acids is 1. The minimum Gasteiger partial charge on any atom is -0.508 e. The summed E-state index contributed by atoms with van der Waals surface area (Å²) >= 11 is 4.05. The monoisotopic (exact) mass is 488 g/mol. The predicted molar refractivity (Wildman–Crippen MR) is 128 cm³/mol. The molecule has 182 valence electrons. The van der Waals surface area contributed by atoms with Gasteiger partial charge in [-0.15, -0.1) is 0 Å². The second-order valence-electron chi connectivity index (χ2n) is 7.58. The van der Waals surface area contributed by atoms with Gasteiger partial charge < -0.3 is 31.9 Å². The van der Waals surface area contributed by atoms with Gasteiger partial charge in [-0.05, 0) is 29.7 Å². The number of phenolic OH excluding ortho intramolecular Hbond substituents is 1. The Morgan fingerprint density at radius 1 is 0.824 bits per heavy atom. The van der Waals surface area contributed by atoms with Crippen molar-refractivity contribution in [2.75, 3.05) is 12.3 Å². The third kappa shape index (κ3) is 8.75. The summed E-state index contributed by atoms with van der Waals surface area (Å²) in [5, 5.41) is 25.5. The fourth-order valence-corrected chi connectivity index (χ4v) is 3.33. The molecule has 0 heterocycles. The summed E-state index contributed by atoms with van der Waals surface area (Å²) < 4.78 is 0. The first-order chi connectivity index (χ1) is 16.2. The van der Waals surface area contributed by atoms with E-state index in [1.54, 1.807) is 12.1 Å². The molecule has 3 atom stereocenters. The Labute approximate surface area is 202 Å². The van der Waals surface area contributed by atoms with Crippen LogP contribution >= 0.6 is 12.6 Å². The lowest BCUT2D eigenvalue weighted by Gasteiger charge is -2.23. The van der Waals surface area contributed by atoms with Gasteiger partial charge >= 0.3 is 5.97 Å². The summed E-state index contributed by atoms with van der Waals surface area (Å²) in [5.41, 5.74) is 7.55. The van der Waals surface area contributed by atoms with Crippen molar-refractivity contribution in [2.45, 2.75) is 31.0 Å². The summed E-state index contributed by atoms with van der Waals surface area (Å²) in [7, 11) is 0. The van der Waals surface area contributed by atoms with Crippen LogP contribution < -0.4 is 21.7 Å². The zero-order valence-electron chi connectivity index (χ0n) is 18.3. The van der Waals surface area contributed by atoms with Crippen LogP contribution in [0.4, 0.5) is 0 Å². The van der Waals surface area contributed by atoms with Gasteiger partial charge in [0.15, 0.2) is 0 Å². The number of nitrogens with two attached hydrogens (primary N) is 1. The van der Waals surface area contributed by atoms with Gasteiger partial charge in [0, 0.05) is 12.2 Å². The molecule has 0 saturated carbocycles. The summed E-state index contributed by atoms with van der Waals surface area (Å²) in [5.74, 6) is -3.23. The van der Waals surface area contributed by atoms with E-state index >= 15 is 0 Å². The van der Waals surface area contributed by atoms with Crippen molar-refractivity contribution in [3.8, 4) is 5.75 Å². The molecular formula is C23H28N4O6S. The number of carbonyl (C=O) groups is 4. The Balaban J connectivity index is 2.12. The van der Waals surface area contributed by atoms with E-state index in [2.05, 4.69) is 28.6 Å². The van der Waals surface area contributed by atoms with Crippen molar-refractivity contribution < 1.29 is 29.4 Å². The molecule has 0 radical (unpaired) electrons. The minimum absolute atomic E-state index is 0.0453. The van der Waals surface area contributed by atoms with E-state index in [-0.39, 0.29) is 24.3 Å². The third-order valence-corrected chi connectivity index (χ3v) is 5.24. The molecule has 34 heavy (non-hydrogen) atoms. The van der Waals surface area contributed by atoms with E-state index < -0.39 is 48.4 Å². The van der Waals surface area contributed by atoms with Crippen molar-refractivity contribution in [1.82, 2.24) is 16.0 Å². The lowest BCUT2D eigenvalue weighted by atomic mass is 10.0. The average molecular weight is 489 g/mol. The zero-order valence-corrected chi connectivity index (χ0v) is 19.2. The summed E-state index contributed by atoms with van der Waals surface area (Å²) in [6.07, 6.45) is 0.322. The van der Waals surface area contributed by atoms with Gasteiger partial charge in [0.05, 0.1) is 6.04 Å².